The molecule has 0 amide bonds. The first-order chi connectivity index (χ1) is 19.7. The highest BCUT2D eigenvalue weighted by Crippen LogP contribution is 2.18. The average Bonchev–Trinajstić information content (AvgIpc) is 2.92. The smallest absolute Gasteiger partial charge is 0.337 e. The number of hydrogen-bond acceptors (Lipinski definition) is 8. The molecule has 4 heterocycles. The van der Waals surface area contributed by atoms with Crippen LogP contribution >= 0.6 is 0 Å². The third-order valence-electron chi connectivity index (χ3n) is 6.77. The second-order valence-electron chi connectivity index (χ2n) is 10.1. The van der Waals surface area contributed by atoms with E-state index in [1.54, 1.807) is 0 Å². The number of fused-ring (bicyclic) bond motifs is 2. The highest BCUT2D eigenvalue weighted by Gasteiger charge is 2.15. The summed E-state index contributed by atoms with van der Waals surface area (Å²) in [6, 6.07) is 2.74. The van der Waals surface area contributed by atoms with Crippen molar-refractivity contribution in [3.05, 3.63) is 76.5 Å². The Kier molecular flexibility index (Phi) is 11.7. The normalized spacial score (nSPS) is 11.9. The average molecular weight is 571 g/mol. The molecule has 4 aromatic rings. The summed E-state index contributed by atoms with van der Waals surface area (Å²) in [4.78, 5) is 60.6. The van der Waals surface area contributed by atoms with Crippen LogP contribution in [0.1, 0.15) is 108 Å². The zero-order valence-corrected chi connectivity index (χ0v) is 24.2. The van der Waals surface area contributed by atoms with Crippen LogP contribution in [0.2, 0.25) is 0 Å². The van der Waals surface area contributed by atoms with E-state index >= 15 is 0 Å². The number of rotatable bonds is 12. The molecular weight excluding hydrogens is 531 g/mol. The van der Waals surface area contributed by atoms with Crippen LogP contribution in [0.3, 0.4) is 0 Å². The van der Waals surface area contributed by atoms with Crippen LogP contribution in [0.25, 0.3) is 22.2 Å². The van der Waals surface area contributed by atoms with Gasteiger partial charge in [-0.05, 0) is 43.7 Å². The number of halogens is 1. The lowest BCUT2D eigenvalue weighted by Crippen LogP contribution is -2.16. The third-order valence-corrected chi connectivity index (χ3v) is 6.77. The van der Waals surface area contributed by atoms with Gasteiger partial charge in [0.05, 0.1) is 0 Å². The standard InChI is InChI=1S/C15H19FN2O3.C15H20N2O3/c1-3-4-5-6-7-10-8-11(19)21-15-12(10)14(20)17-13(18-15)9(2)16;1-3-5-6-7-8-10-9-12(18)20-15-13(10)14(19)16-11(4-2)17-15/h8-9H,3-7H2,1-2H3,(H,17,18,20);9H,3-8H2,1-2H3,(H,16,17,19). The minimum absolute atomic E-state index is 0.0868. The Labute approximate surface area is 236 Å². The van der Waals surface area contributed by atoms with Gasteiger partial charge in [-0.1, -0.05) is 59.3 Å². The van der Waals surface area contributed by atoms with E-state index in [1.165, 1.54) is 19.1 Å². The zero-order chi connectivity index (χ0) is 29.9. The Morgan fingerprint density at radius 3 is 1.68 bits per heavy atom. The van der Waals surface area contributed by atoms with Gasteiger partial charge in [0, 0.05) is 18.6 Å². The molecule has 41 heavy (non-hydrogen) atoms. The van der Waals surface area contributed by atoms with E-state index in [4.69, 9.17) is 8.83 Å². The summed E-state index contributed by atoms with van der Waals surface area (Å²) in [5, 5.41) is 0.661. The number of aromatic nitrogens is 4. The van der Waals surface area contributed by atoms with Crippen LogP contribution in [0.4, 0.5) is 4.39 Å². The summed E-state index contributed by atoms with van der Waals surface area (Å²) in [7, 11) is 0. The summed E-state index contributed by atoms with van der Waals surface area (Å²) in [6.45, 7) is 7.40. The van der Waals surface area contributed by atoms with Crippen molar-refractivity contribution in [2.75, 3.05) is 0 Å². The summed E-state index contributed by atoms with van der Waals surface area (Å²) < 4.78 is 23.3. The highest BCUT2D eigenvalue weighted by molar-refractivity contribution is 5.76. The number of H-pyrrole nitrogens is 2. The molecular formula is C30H39FN4O6. The van der Waals surface area contributed by atoms with Gasteiger partial charge in [0.25, 0.3) is 11.1 Å². The van der Waals surface area contributed by atoms with Crippen molar-refractivity contribution in [3.8, 4) is 0 Å². The summed E-state index contributed by atoms with van der Waals surface area (Å²) in [6.07, 6.45) is 8.98. The molecule has 0 bridgehead atoms. The van der Waals surface area contributed by atoms with Gasteiger partial charge in [-0.25, -0.2) is 14.0 Å². The van der Waals surface area contributed by atoms with Crippen LogP contribution in [-0.2, 0) is 19.3 Å². The lowest BCUT2D eigenvalue weighted by molar-refractivity contribution is 0.355. The molecule has 0 aliphatic rings. The summed E-state index contributed by atoms with van der Waals surface area (Å²) in [5.41, 5.74) is -0.269. The number of nitrogens with zero attached hydrogens (tertiary/aromatic N) is 2. The largest absolute Gasteiger partial charge is 0.403 e. The first-order valence-corrected chi connectivity index (χ1v) is 14.4. The number of nitrogens with one attached hydrogen (secondary N) is 2. The number of alkyl halides is 1. The predicted octanol–water partition coefficient (Wildman–Crippen LogP) is 5.59. The Hall–Kier alpha value is -3.89. The van der Waals surface area contributed by atoms with E-state index in [2.05, 4.69) is 33.8 Å². The molecule has 0 aliphatic heterocycles. The third kappa shape index (κ3) is 8.55. The summed E-state index contributed by atoms with van der Waals surface area (Å²) >= 11 is 0. The van der Waals surface area contributed by atoms with E-state index in [-0.39, 0.29) is 28.2 Å². The van der Waals surface area contributed by atoms with Crippen LogP contribution < -0.4 is 22.4 Å². The first-order valence-electron chi connectivity index (χ1n) is 14.4. The molecule has 4 aromatic heterocycles. The Morgan fingerprint density at radius 2 is 1.22 bits per heavy atom. The first kappa shape index (κ1) is 31.6. The quantitative estimate of drug-likeness (QED) is 0.209. The van der Waals surface area contributed by atoms with Crippen molar-refractivity contribution in [2.45, 2.75) is 104 Å². The Morgan fingerprint density at radius 1 is 0.732 bits per heavy atom. The SMILES string of the molecule is CCCCCCc1cc(=O)oc2nc(C(C)F)[nH]c(=O)c12.CCCCCCc1cc(=O)oc2nc(CC)[nH]c(=O)c12. The van der Waals surface area contributed by atoms with Gasteiger partial charge in [-0.15, -0.1) is 0 Å². The molecule has 1 atom stereocenters. The van der Waals surface area contributed by atoms with E-state index in [0.29, 0.717) is 36.0 Å². The Bertz CT molecular complexity index is 1690. The summed E-state index contributed by atoms with van der Waals surface area (Å²) in [5.74, 6) is 0.410. The van der Waals surface area contributed by atoms with Crippen molar-refractivity contribution >= 4 is 22.2 Å². The fourth-order valence-corrected chi connectivity index (χ4v) is 4.59. The van der Waals surface area contributed by atoms with Gasteiger partial charge in [0.15, 0.2) is 6.17 Å². The minimum Gasteiger partial charge on any atom is -0.403 e. The lowest BCUT2D eigenvalue weighted by atomic mass is 10.0. The molecule has 0 saturated carbocycles. The minimum atomic E-state index is -1.43. The van der Waals surface area contributed by atoms with Crippen LogP contribution in [0.15, 0.2) is 40.1 Å². The van der Waals surface area contributed by atoms with Gasteiger partial charge in [-0.3, -0.25) is 9.59 Å². The molecule has 10 nitrogen and oxygen atoms in total. The molecule has 0 aromatic carbocycles. The zero-order valence-electron chi connectivity index (χ0n) is 24.2. The van der Waals surface area contributed by atoms with E-state index in [9.17, 15) is 23.6 Å². The molecule has 0 saturated heterocycles. The molecule has 0 spiro atoms. The van der Waals surface area contributed by atoms with Crippen LogP contribution in [0.5, 0.6) is 0 Å². The fourth-order valence-electron chi connectivity index (χ4n) is 4.59. The van der Waals surface area contributed by atoms with Gasteiger partial charge in [-0.2, -0.15) is 9.97 Å². The van der Waals surface area contributed by atoms with Crippen molar-refractivity contribution in [1.82, 2.24) is 19.9 Å². The number of aryl methyl sites for hydroxylation is 3. The maximum Gasteiger partial charge on any atom is 0.337 e. The second kappa shape index (κ2) is 15.2. The number of unbranched alkanes of at least 4 members (excludes halogenated alkanes) is 6. The molecule has 1 unspecified atom stereocenters. The maximum atomic E-state index is 13.3. The molecule has 0 radical (unpaired) electrons. The molecule has 0 fully saturated rings. The predicted molar refractivity (Wildman–Crippen MR) is 156 cm³/mol. The van der Waals surface area contributed by atoms with Crippen molar-refractivity contribution in [2.24, 2.45) is 0 Å². The van der Waals surface area contributed by atoms with Crippen LogP contribution in [0, 0.1) is 0 Å². The van der Waals surface area contributed by atoms with Crippen molar-refractivity contribution in [3.63, 3.8) is 0 Å². The van der Waals surface area contributed by atoms with Gasteiger partial charge in [0.2, 0.25) is 11.4 Å². The molecule has 4 rings (SSSR count). The van der Waals surface area contributed by atoms with Crippen molar-refractivity contribution < 1.29 is 13.2 Å². The molecule has 222 valence electrons. The molecule has 11 heteroatoms. The Balaban J connectivity index is 0.000000226. The lowest BCUT2D eigenvalue weighted by Gasteiger charge is -2.06. The van der Waals surface area contributed by atoms with E-state index in [0.717, 1.165) is 56.9 Å². The molecule has 0 aliphatic carbocycles. The highest BCUT2D eigenvalue weighted by atomic mass is 19.1. The molecule has 2 N–H and O–H groups in total. The number of hydrogen-bond donors (Lipinski definition) is 2. The maximum absolute atomic E-state index is 13.3. The topological polar surface area (TPSA) is 152 Å². The van der Waals surface area contributed by atoms with Gasteiger partial charge >= 0.3 is 11.3 Å². The van der Waals surface area contributed by atoms with E-state index in [1.807, 2.05) is 6.92 Å². The van der Waals surface area contributed by atoms with Crippen molar-refractivity contribution in [1.29, 1.82) is 0 Å². The second-order valence-corrected chi connectivity index (χ2v) is 10.1. The monoisotopic (exact) mass is 570 g/mol. The van der Waals surface area contributed by atoms with Gasteiger partial charge in [0.1, 0.15) is 22.4 Å². The number of aromatic amines is 2. The fraction of sp³-hybridized carbons (Fsp3) is 0.533. The van der Waals surface area contributed by atoms with Gasteiger partial charge < -0.3 is 18.8 Å². The van der Waals surface area contributed by atoms with E-state index < -0.39 is 23.0 Å². The van der Waals surface area contributed by atoms with Crippen LogP contribution in [-0.4, -0.2) is 19.9 Å².